The normalized spacial score (nSPS) is 21.4. The van der Waals surface area contributed by atoms with E-state index in [0.29, 0.717) is 25.7 Å². The van der Waals surface area contributed by atoms with E-state index in [1.807, 2.05) is 0 Å². The van der Waals surface area contributed by atoms with Crippen molar-refractivity contribution < 1.29 is 37.8 Å². The summed E-state index contributed by atoms with van der Waals surface area (Å²) in [5.74, 6) is -2.65. The van der Waals surface area contributed by atoms with Crippen LogP contribution in [0.3, 0.4) is 0 Å². The number of ketones is 1. The highest BCUT2D eigenvalue weighted by Gasteiger charge is 2.45. The Morgan fingerprint density at radius 2 is 1.84 bits per heavy atom. The lowest BCUT2D eigenvalue weighted by Crippen LogP contribution is -2.43. The summed E-state index contributed by atoms with van der Waals surface area (Å²) in [5.41, 5.74) is 3.65. The van der Waals surface area contributed by atoms with Crippen LogP contribution in [-0.4, -0.2) is 56.3 Å². The summed E-state index contributed by atoms with van der Waals surface area (Å²) in [6, 6.07) is 3.77. The Morgan fingerprint density at radius 1 is 1.19 bits per heavy atom. The number of benzene rings is 1. The lowest BCUT2D eigenvalue weighted by Gasteiger charge is -2.37. The van der Waals surface area contributed by atoms with Crippen LogP contribution in [0.25, 0.3) is 5.69 Å². The van der Waals surface area contributed by atoms with Gasteiger partial charge in [0.15, 0.2) is 11.5 Å². The summed E-state index contributed by atoms with van der Waals surface area (Å²) in [4.78, 5) is 38.3. The molecule has 1 fully saturated rings. The summed E-state index contributed by atoms with van der Waals surface area (Å²) in [7, 11) is 0. The zero-order chi connectivity index (χ0) is 27.3. The molecular formula is C25H29F3N4O5. The summed E-state index contributed by atoms with van der Waals surface area (Å²) in [5, 5.41) is 23.3. The van der Waals surface area contributed by atoms with Crippen LogP contribution >= 0.6 is 0 Å². The molecule has 0 atom stereocenters. The number of carboxylic acids is 1. The number of nitrogens with two attached hydrogens (primary N) is 1. The summed E-state index contributed by atoms with van der Waals surface area (Å²) < 4.78 is 42.7. The van der Waals surface area contributed by atoms with E-state index in [1.54, 1.807) is 13.8 Å². The minimum atomic E-state index is -4.86. The van der Waals surface area contributed by atoms with Gasteiger partial charge in [0.1, 0.15) is 6.54 Å². The number of hydrogen-bond donors (Lipinski definition) is 3. The van der Waals surface area contributed by atoms with Gasteiger partial charge in [-0.05, 0) is 55.7 Å². The zero-order valence-corrected chi connectivity index (χ0v) is 20.5. The molecule has 2 aliphatic carbocycles. The Bertz CT molecular complexity index is 1250. The van der Waals surface area contributed by atoms with Gasteiger partial charge in [-0.25, -0.2) is 4.68 Å². The van der Waals surface area contributed by atoms with Crippen molar-refractivity contribution in [3.8, 4) is 5.69 Å². The number of fused-ring (bicyclic) bond motifs is 1. The molecule has 200 valence electrons. The number of aliphatic hydroxyl groups excluding tert-OH is 1. The number of carbonyl (C=O) groups excluding carboxylic acids is 2. The number of hydrogen-bond acceptors (Lipinski definition) is 6. The Labute approximate surface area is 211 Å². The summed E-state index contributed by atoms with van der Waals surface area (Å²) in [6.07, 6.45) is -3.49. The second kappa shape index (κ2) is 9.47. The lowest BCUT2D eigenvalue weighted by molar-refractivity contribution is -0.141. The third-order valence-corrected chi connectivity index (χ3v) is 7.03. The second-order valence-corrected chi connectivity index (χ2v) is 10.6. The van der Waals surface area contributed by atoms with Gasteiger partial charge in [-0.3, -0.25) is 14.4 Å². The molecule has 1 heterocycles. The van der Waals surface area contributed by atoms with Gasteiger partial charge in [0.2, 0.25) is 0 Å². The van der Waals surface area contributed by atoms with Crippen LogP contribution in [0.15, 0.2) is 18.2 Å². The SMILES string of the molecule is CC1(C)CC(=O)c2c(C(F)(F)F)nn(-c3ccc(C(N)=O)c(N(CC(=O)O)[C@H]4CC[C@H](O)CC4)c3)c2C1. The number of amides is 1. The number of anilines is 1. The van der Waals surface area contributed by atoms with Crippen LogP contribution in [-0.2, 0) is 17.4 Å². The van der Waals surface area contributed by atoms with Crippen LogP contribution in [0.5, 0.6) is 0 Å². The summed E-state index contributed by atoms with van der Waals surface area (Å²) in [6.45, 7) is 3.08. The Kier molecular flexibility index (Phi) is 6.82. The maximum atomic E-state index is 13.9. The molecule has 12 heteroatoms. The van der Waals surface area contributed by atoms with Crippen molar-refractivity contribution in [2.45, 2.75) is 70.7 Å². The number of Topliss-reactive ketones (excluding diaryl/α,β-unsaturated/α-hetero) is 1. The number of carbonyl (C=O) groups is 3. The monoisotopic (exact) mass is 522 g/mol. The van der Waals surface area contributed by atoms with E-state index in [0.717, 1.165) is 4.68 Å². The molecule has 1 saturated carbocycles. The lowest BCUT2D eigenvalue weighted by atomic mass is 9.75. The van der Waals surface area contributed by atoms with E-state index in [4.69, 9.17) is 5.73 Å². The Hall–Kier alpha value is -3.41. The molecule has 0 bridgehead atoms. The second-order valence-electron chi connectivity index (χ2n) is 10.6. The molecule has 4 rings (SSSR count). The topological polar surface area (TPSA) is 139 Å². The summed E-state index contributed by atoms with van der Waals surface area (Å²) >= 11 is 0. The van der Waals surface area contributed by atoms with Crippen molar-refractivity contribution in [3.05, 3.63) is 40.7 Å². The van der Waals surface area contributed by atoms with E-state index in [9.17, 15) is 37.8 Å². The first-order valence-electron chi connectivity index (χ1n) is 12.0. The van der Waals surface area contributed by atoms with Crippen LogP contribution in [0.2, 0.25) is 0 Å². The van der Waals surface area contributed by atoms with Crippen molar-refractivity contribution >= 4 is 23.3 Å². The van der Waals surface area contributed by atoms with Crippen molar-refractivity contribution in [2.75, 3.05) is 11.4 Å². The number of aliphatic carboxylic acids is 1. The van der Waals surface area contributed by atoms with E-state index >= 15 is 0 Å². The number of rotatable bonds is 6. The highest BCUT2D eigenvalue weighted by atomic mass is 19.4. The van der Waals surface area contributed by atoms with Gasteiger partial charge in [0.25, 0.3) is 5.91 Å². The van der Waals surface area contributed by atoms with Crippen molar-refractivity contribution in [1.29, 1.82) is 0 Å². The van der Waals surface area contributed by atoms with Gasteiger partial charge in [0, 0.05) is 12.5 Å². The van der Waals surface area contributed by atoms with Crippen LogP contribution in [0, 0.1) is 5.41 Å². The zero-order valence-electron chi connectivity index (χ0n) is 20.5. The van der Waals surface area contributed by atoms with Crippen LogP contribution in [0.1, 0.15) is 78.1 Å². The molecule has 2 aliphatic rings. The van der Waals surface area contributed by atoms with Gasteiger partial charge in [-0.1, -0.05) is 13.8 Å². The molecule has 0 saturated heterocycles. The minimum Gasteiger partial charge on any atom is -0.480 e. The van der Waals surface area contributed by atoms with Crippen molar-refractivity contribution in [1.82, 2.24) is 9.78 Å². The smallest absolute Gasteiger partial charge is 0.435 e. The van der Waals surface area contributed by atoms with Gasteiger partial charge in [-0.15, -0.1) is 0 Å². The third kappa shape index (κ3) is 5.34. The quantitative estimate of drug-likeness (QED) is 0.529. The van der Waals surface area contributed by atoms with Crippen LogP contribution < -0.4 is 10.6 Å². The largest absolute Gasteiger partial charge is 0.480 e. The molecule has 0 spiro atoms. The molecule has 2 aromatic rings. The first-order valence-corrected chi connectivity index (χ1v) is 12.0. The third-order valence-electron chi connectivity index (χ3n) is 7.03. The van der Waals surface area contributed by atoms with Gasteiger partial charge >= 0.3 is 12.1 Å². The van der Waals surface area contributed by atoms with E-state index in [1.165, 1.54) is 23.1 Å². The fourth-order valence-electron chi connectivity index (χ4n) is 5.38. The molecule has 37 heavy (non-hydrogen) atoms. The number of nitrogens with zero attached hydrogens (tertiary/aromatic N) is 3. The van der Waals surface area contributed by atoms with Gasteiger partial charge in [-0.2, -0.15) is 18.3 Å². The molecule has 1 amide bonds. The standard InChI is InChI=1S/C25H29F3N4O5/c1-24(2)10-18-21(19(34)11-24)22(25(26,27)28)30-32(18)14-5-8-16(23(29)37)17(9-14)31(12-20(35)36)13-3-6-15(33)7-4-13/h5,8-9,13,15,33H,3-4,6-7,10-12H2,1-2H3,(H2,29,37)(H,35,36)/t13-,15-. The van der Waals surface area contributed by atoms with E-state index < -0.39 is 53.2 Å². The molecule has 1 aromatic heterocycles. The Morgan fingerprint density at radius 3 is 2.41 bits per heavy atom. The number of primary amides is 1. The molecule has 4 N–H and O–H groups in total. The van der Waals surface area contributed by atoms with E-state index in [-0.39, 0.29) is 41.5 Å². The first kappa shape index (κ1) is 26.6. The van der Waals surface area contributed by atoms with Crippen molar-refractivity contribution in [3.63, 3.8) is 0 Å². The maximum Gasteiger partial charge on any atom is 0.435 e. The number of halogens is 3. The molecule has 0 aliphatic heterocycles. The minimum absolute atomic E-state index is 0.00426. The number of carboxylic acid groups (broad SMARTS) is 1. The fourth-order valence-corrected chi connectivity index (χ4v) is 5.38. The predicted molar refractivity (Wildman–Crippen MR) is 127 cm³/mol. The first-order chi connectivity index (χ1) is 17.2. The molecule has 0 radical (unpaired) electrons. The van der Waals surface area contributed by atoms with Gasteiger partial charge < -0.3 is 20.8 Å². The average Bonchev–Trinajstić information content (AvgIpc) is 3.16. The van der Waals surface area contributed by atoms with Gasteiger partial charge in [0.05, 0.1) is 34.3 Å². The highest BCUT2D eigenvalue weighted by Crippen LogP contribution is 2.42. The van der Waals surface area contributed by atoms with E-state index in [2.05, 4.69) is 5.10 Å². The fraction of sp³-hybridized carbons (Fsp3) is 0.520. The number of aliphatic hydroxyl groups is 1. The molecular weight excluding hydrogens is 493 g/mol. The number of aromatic nitrogens is 2. The van der Waals surface area contributed by atoms with Crippen molar-refractivity contribution in [2.24, 2.45) is 11.1 Å². The molecule has 9 nitrogen and oxygen atoms in total. The molecule has 0 unspecified atom stereocenters. The average molecular weight is 523 g/mol. The van der Waals surface area contributed by atoms with Crippen LogP contribution in [0.4, 0.5) is 18.9 Å². The maximum absolute atomic E-state index is 13.9. The Balaban J connectivity index is 1.90. The highest BCUT2D eigenvalue weighted by molar-refractivity contribution is 6.01. The molecule has 1 aromatic carbocycles. The number of alkyl halides is 3. The predicted octanol–water partition coefficient (Wildman–Crippen LogP) is 3.34.